The van der Waals surface area contributed by atoms with Crippen molar-refractivity contribution in [2.24, 2.45) is 0 Å². The van der Waals surface area contributed by atoms with E-state index in [-0.39, 0.29) is 5.91 Å². The van der Waals surface area contributed by atoms with E-state index in [1.165, 1.54) is 0 Å². The van der Waals surface area contributed by atoms with Gasteiger partial charge >= 0.3 is 0 Å². The number of carbonyl (C=O) groups excluding carboxylic acids is 1. The average Bonchev–Trinajstić information content (AvgIpc) is 3.34. The Morgan fingerprint density at radius 2 is 1.85 bits per heavy atom. The molecule has 0 radical (unpaired) electrons. The van der Waals surface area contributed by atoms with Crippen LogP contribution >= 0.6 is 0 Å². The zero-order chi connectivity index (χ0) is 18.5. The van der Waals surface area contributed by atoms with Crippen molar-refractivity contribution in [2.75, 3.05) is 6.54 Å². The Labute approximate surface area is 158 Å². The van der Waals surface area contributed by atoms with Crippen molar-refractivity contribution in [2.45, 2.75) is 19.5 Å². The molecule has 1 N–H and O–H groups in total. The van der Waals surface area contributed by atoms with Crippen LogP contribution in [0.2, 0.25) is 0 Å². The maximum Gasteiger partial charge on any atom is 0.239 e. The highest BCUT2D eigenvalue weighted by Crippen LogP contribution is 2.28. The number of imidazole rings is 1. The number of aryl methyl sites for hydroxylation is 1. The molecule has 4 rings (SSSR count). The van der Waals surface area contributed by atoms with Gasteiger partial charge in [-0.25, -0.2) is 4.98 Å². The number of benzene rings is 2. The van der Waals surface area contributed by atoms with Crippen molar-refractivity contribution in [3.63, 3.8) is 0 Å². The van der Waals surface area contributed by atoms with Crippen LogP contribution in [0.5, 0.6) is 0 Å². The monoisotopic (exact) mass is 358 g/mol. The predicted molar refractivity (Wildman–Crippen MR) is 107 cm³/mol. The first kappa shape index (κ1) is 17.1. The molecular formula is C22H22N4O. The molecule has 0 aliphatic rings. The van der Waals surface area contributed by atoms with Gasteiger partial charge < -0.3 is 14.5 Å². The molecule has 0 aliphatic heterocycles. The van der Waals surface area contributed by atoms with Crippen LogP contribution in [0.1, 0.15) is 6.42 Å². The van der Waals surface area contributed by atoms with Gasteiger partial charge in [-0.05, 0) is 24.1 Å². The number of carbonyl (C=O) groups is 1. The maximum absolute atomic E-state index is 12.5. The summed E-state index contributed by atoms with van der Waals surface area (Å²) < 4.78 is 4.11. The summed E-state index contributed by atoms with van der Waals surface area (Å²) in [6.07, 6.45) is 6.36. The highest BCUT2D eigenvalue weighted by atomic mass is 16.1. The molecule has 0 aliphatic carbocycles. The summed E-state index contributed by atoms with van der Waals surface area (Å²) in [5.41, 5.74) is 3.25. The average molecular weight is 358 g/mol. The standard InChI is InChI=1S/C22H22N4O/c27-22(24-11-6-13-25-14-12-23-17-25)16-26-20-10-5-4-9-19(20)15-21(26)18-7-2-1-3-8-18/h1-5,7-10,12,14-15,17H,6,11,13,16H2,(H,24,27). The van der Waals surface area contributed by atoms with E-state index in [2.05, 4.69) is 45.2 Å². The Kier molecular flexibility index (Phi) is 5.01. The van der Waals surface area contributed by atoms with Crippen molar-refractivity contribution in [1.82, 2.24) is 19.4 Å². The third-order valence-electron chi connectivity index (χ3n) is 4.66. The molecule has 0 fully saturated rings. The van der Waals surface area contributed by atoms with Crippen LogP contribution in [0.3, 0.4) is 0 Å². The lowest BCUT2D eigenvalue weighted by atomic mass is 10.1. The molecule has 1 amide bonds. The van der Waals surface area contributed by atoms with E-state index in [4.69, 9.17) is 0 Å². The lowest BCUT2D eigenvalue weighted by Gasteiger charge is -2.12. The zero-order valence-electron chi connectivity index (χ0n) is 15.1. The van der Waals surface area contributed by atoms with Crippen LogP contribution in [0.15, 0.2) is 79.4 Å². The number of fused-ring (bicyclic) bond motifs is 1. The first-order chi connectivity index (χ1) is 13.3. The van der Waals surface area contributed by atoms with Gasteiger partial charge in [0, 0.05) is 42.1 Å². The normalized spacial score (nSPS) is 11.0. The van der Waals surface area contributed by atoms with Crippen LogP contribution in [0.4, 0.5) is 0 Å². The Balaban J connectivity index is 1.48. The summed E-state index contributed by atoms with van der Waals surface area (Å²) in [7, 11) is 0. The Bertz CT molecular complexity index is 1020. The minimum absolute atomic E-state index is 0.0270. The van der Waals surface area contributed by atoms with Gasteiger partial charge in [-0.3, -0.25) is 4.79 Å². The van der Waals surface area contributed by atoms with Crippen LogP contribution in [-0.4, -0.2) is 26.6 Å². The number of para-hydroxylation sites is 1. The second kappa shape index (κ2) is 7.91. The van der Waals surface area contributed by atoms with Gasteiger partial charge in [-0.15, -0.1) is 0 Å². The smallest absolute Gasteiger partial charge is 0.239 e. The van der Waals surface area contributed by atoms with Crippen LogP contribution in [0.25, 0.3) is 22.2 Å². The zero-order valence-corrected chi connectivity index (χ0v) is 15.1. The van der Waals surface area contributed by atoms with Crippen molar-refractivity contribution in [1.29, 1.82) is 0 Å². The van der Waals surface area contributed by atoms with Gasteiger partial charge in [-0.2, -0.15) is 0 Å². The molecule has 4 aromatic rings. The molecule has 0 spiro atoms. The highest BCUT2D eigenvalue weighted by Gasteiger charge is 2.13. The van der Waals surface area contributed by atoms with Gasteiger partial charge in [-0.1, -0.05) is 48.5 Å². The minimum Gasteiger partial charge on any atom is -0.354 e. The second-order valence-corrected chi connectivity index (χ2v) is 6.54. The number of amides is 1. The van der Waals surface area contributed by atoms with Gasteiger partial charge in [0.2, 0.25) is 5.91 Å². The predicted octanol–water partition coefficient (Wildman–Crippen LogP) is 3.71. The van der Waals surface area contributed by atoms with E-state index in [1.807, 2.05) is 41.1 Å². The Morgan fingerprint density at radius 3 is 2.67 bits per heavy atom. The van der Waals surface area contributed by atoms with Crippen molar-refractivity contribution < 1.29 is 4.79 Å². The molecule has 0 unspecified atom stereocenters. The molecular weight excluding hydrogens is 336 g/mol. The summed E-state index contributed by atoms with van der Waals surface area (Å²) in [6.45, 7) is 1.81. The van der Waals surface area contributed by atoms with E-state index in [1.54, 1.807) is 12.5 Å². The highest BCUT2D eigenvalue weighted by molar-refractivity contribution is 5.89. The first-order valence-corrected chi connectivity index (χ1v) is 9.17. The van der Waals surface area contributed by atoms with Crippen molar-refractivity contribution in [3.8, 4) is 11.3 Å². The molecule has 0 saturated heterocycles. The summed E-state index contributed by atoms with van der Waals surface area (Å²) in [4.78, 5) is 16.6. The summed E-state index contributed by atoms with van der Waals surface area (Å²) in [5.74, 6) is 0.0270. The minimum atomic E-state index is 0.0270. The third kappa shape index (κ3) is 3.92. The largest absolute Gasteiger partial charge is 0.354 e. The maximum atomic E-state index is 12.5. The number of hydrogen-bond donors (Lipinski definition) is 1. The lowest BCUT2D eigenvalue weighted by Crippen LogP contribution is -2.29. The molecule has 0 bridgehead atoms. The molecule has 2 heterocycles. The van der Waals surface area contributed by atoms with Crippen LogP contribution in [0, 0.1) is 0 Å². The topological polar surface area (TPSA) is 51.9 Å². The third-order valence-corrected chi connectivity index (χ3v) is 4.66. The van der Waals surface area contributed by atoms with Crippen molar-refractivity contribution >= 4 is 16.8 Å². The fraction of sp³-hybridized carbons (Fsp3) is 0.182. The van der Waals surface area contributed by atoms with Crippen LogP contribution in [-0.2, 0) is 17.9 Å². The van der Waals surface area contributed by atoms with E-state index in [0.717, 1.165) is 35.1 Å². The molecule has 2 aromatic carbocycles. The van der Waals surface area contributed by atoms with Gasteiger partial charge in [0.25, 0.3) is 0 Å². The number of nitrogens with one attached hydrogen (secondary N) is 1. The summed E-state index contributed by atoms with van der Waals surface area (Å²) in [5, 5.41) is 4.18. The molecule has 5 nitrogen and oxygen atoms in total. The van der Waals surface area contributed by atoms with E-state index < -0.39 is 0 Å². The van der Waals surface area contributed by atoms with Gasteiger partial charge in [0.1, 0.15) is 6.54 Å². The van der Waals surface area contributed by atoms with Gasteiger partial charge in [0.15, 0.2) is 0 Å². The molecule has 0 saturated carbocycles. The van der Waals surface area contributed by atoms with Crippen molar-refractivity contribution in [3.05, 3.63) is 79.4 Å². The van der Waals surface area contributed by atoms with E-state index in [9.17, 15) is 4.79 Å². The first-order valence-electron chi connectivity index (χ1n) is 9.17. The number of rotatable bonds is 7. The second-order valence-electron chi connectivity index (χ2n) is 6.54. The molecule has 5 heteroatoms. The van der Waals surface area contributed by atoms with E-state index in [0.29, 0.717) is 13.1 Å². The molecule has 2 aromatic heterocycles. The molecule has 27 heavy (non-hydrogen) atoms. The number of aromatic nitrogens is 3. The van der Waals surface area contributed by atoms with Crippen LogP contribution < -0.4 is 5.32 Å². The lowest BCUT2D eigenvalue weighted by molar-refractivity contribution is -0.121. The number of nitrogens with zero attached hydrogens (tertiary/aromatic N) is 3. The number of hydrogen-bond acceptors (Lipinski definition) is 2. The summed E-state index contributed by atoms with van der Waals surface area (Å²) in [6, 6.07) is 20.5. The Hall–Kier alpha value is -3.34. The van der Waals surface area contributed by atoms with E-state index >= 15 is 0 Å². The Morgan fingerprint density at radius 1 is 1.04 bits per heavy atom. The van der Waals surface area contributed by atoms with Gasteiger partial charge in [0.05, 0.1) is 6.33 Å². The summed E-state index contributed by atoms with van der Waals surface area (Å²) >= 11 is 0. The molecule has 0 atom stereocenters. The SMILES string of the molecule is O=C(Cn1c(-c2ccccc2)cc2ccccc21)NCCCn1ccnc1. The fourth-order valence-corrected chi connectivity index (χ4v) is 3.34. The quantitative estimate of drug-likeness (QED) is 0.512. The molecule has 136 valence electrons. The fourth-order valence-electron chi connectivity index (χ4n) is 3.34.